The van der Waals surface area contributed by atoms with Crippen molar-refractivity contribution in [1.82, 2.24) is 0 Å². The third-order valence-corrected chi connectivity index (χ3v) is 3.52. The first kappa shape index (κ1) is 23.3. The second-order valence-electron chi connectivity index (χ2n) is 6.04. The maximum atomic E-state index is 11.6. The lowest BCUT2D eigenvalue weighted by molar-refractivity contribution is -0.244. The van der Waals surface area contributed by atoms with E-state index in [9.17, 15) is 24.0 Å². The predicted molar refractivity (Wildman–Crippen MR) is 88.6 cm³/mol. The van der Waals surface area contributed by atoms with E-state index in [0.29, 0.717) is 0 Å². The molecule has 5 unspecified atom stereocenters. The van der Waals surface area contributed by atoms with Crippen LogP contribution in [0.1, 0.15) is 34.6 Å². The number of ether oxygens (including phenoxy) is 6. The van der Waals surface area contributed by atoms with Gasteiger partial charge in [0.25, 0.3) is 0 Å². The summed E-state index contributed by atoms with van der Waals surface area (Å²) < 4.78 is 31.2. The van der Waals surface area contributed by atoms with Crippen LogP contribution in [0, 0.1) is 0 Å². The second-order valence-corrected chi connectivity index (χ2v) is 6.04. The van der Waals surface area contributed by atoms with Crippen molar-refractivity contribution in [2.45, 2.75) is 65.1 Å². The molecule has 5 atom stereocenters. The van der Waals surface area contributed by atoms with Gasteiger partial charge in [0.1, 0.15) is 12.7 Å². The maximum Gasteiger partial charge on any atom is 0.303 e. The van der Waals surface area contributed by atoms with Crippen molar-refractivity contribution in [2.24, 2.45) is 0 Å². The van der Waals surface area contributed by atoms with Crippen molar-refractivity contribution in [3.8, 4) is 0 Å². The van der Waals surface area contributed by atoms with E-state index in [1.807, 2.05) is 0 Å². The molecular weight excluding hydrogens is 380 g/mol. The van der Waals surface area contributed by atoms with Gasteiger partial charge in [-0.2, -0.15) is 0 Å². The number of esters is 5. The van der Waals surface area contributed by atoms with Crippen LogP contribution in [0.15, 0.2) is 0 Å². The fourth-order valence-corrected chi connectivity index (χ4v) is 2.70. The highest BCUT2D eigenvalue weighted by atomic mass is 16.7. The molecule has 0 aromatic carbocycles. The zero-order valence-electron chi connectivity index (χ0n) is 16.3. The van der Waals surface area contributed by atoms with E-state index in [1.54, 1.807) is 0 Å². The van der Waals surface area contributed by atoms with E-state index < -0.39 is 60.4 Å². The Morgan fingerprint density at radius 3 is 1.79 bits per heavy atom. The lowest BCUT2D eigenvalue weighted by Crippen LogP contribution is -2.61. The van der Waals surface area contributed by atoms with Crippen LogP contribution in [0.3, 0.4) is 0 Å². The van der Waals surface area contributed by atoms with Gasteiger partial charge in [-0.15, -0.1) is 0 Å². The molecule has 0 bridgehead atoms. The molecule has 0 saturated carbocycles. The molecule has 11 nitrogen and oxygen atoms in total. The molecule has 28 heavy (non-hydrogen) atoms. The van der Waals surface area contributed by atoms with E-state index in [4.69, 9.17) is 28.4 Å². The zero-order valence-corrected chi connectivity index (χ0v) is 16.3. The summed E-state index contributed by atoms with van der Waals surface area (Å²) in [7, 11) is 0. The van der Waals surface area contributed by atoms with Gasteiger partial charge in [-0.1, -0.05) is 0 Å². The minimum absolute atomic E-state index is 0.238. The molecule has 0 radical (unpaired) electrons. The SMILES string of the molecule is CC(=O)OCC(OC(C)=O)C1OCC(OC(C)=O)C(OC(C)=O)C1OC(C)=O. The Kier molecular flexibility index (Phi) is 8.83. The van der Waals surface area contributed by atoms with Crippen molar-refractivity contribution in [3.05, 3.63) is 0 Å². The maximum absolute atomic E-state index is 11.6. The van der Waals surface area contributed by atoms with Crippen LogP contribution in [-0.4, -0.2) is 73.6 Å². The van der Waals surface area contributed by atoms with Gasteiger partial charge < -0.3 is 28.4 Å². The zero-order chi connectivity index (χ0) is 21.4. The van der Waals surface area contributed by atoms with Crippen LogP contribution < -0.4 is 0 Å². The summed E-state index contributed by atoms with van der Waals surface area (Å²) in [6.45, 7) is 5.07. The van der Waals surface area contributed by atoms with Crippen molar-refractivity contribution in [3.63, 3.8) is 0 Å². The van der Waals surface area contributed by atoms with Crippen molar-refractivity contribution >= 4 is 29.8 Å². The largest absolute Gasteiger partial charge is 0.462 e. The fraction of sp³-hybridized carbons (Fsp3) is 0.706. The van der Waals surface area contributed by atoms with Crippen molar-refractivity contribution < 1.29 is 52.4 Å². The Labute approximate surface area is 161 Å². The van der Waals surface area contributed by atoms with Crippen LogP contribution >= 0.6 is 0 Å². The highest BCUT2D eigenvalue weighted by Crippen LogP contribution is 2.27. The van der Waals surface area contributed by atoms with Gasteiger partial charge in [-0.05, 0) is 0 Å². The number of rotatable bonds is 7. The van der Waals surface area contributed by atoms with Crippen molar-refractivity contribution in [2.75, 3.05) is 13.2 Å². The molecule has 0 amide bonds. The minimum atomic E-state index is -1.29. The van der Waals surface area contributed by atoms with Crippen LogP contribution in [0.25, 0.3) is 0 Å². The summed E-state index contributed by atoms with van der Waals surface area (Å²) in [5.74, 6) is -3.46. The number of hydrogen-bond acceptors (Lipinski definition) is 11. The van der Waals surface area contributed by atoms with Gasteiger partial charge in [0.2, 0.25) is 0 Å². The quantitative estimate of drug-likeness (QED) is 0.407. The minimum Gasteiger partial charge on any atom is -0.462 e. The number of carbonyl (C=O) groups excluding carboxylic acids is 5. The summed E-state index contributed by atoms with van der Waals surface area (Å²) >= 11 is 0. The first-order valence-corrected chi connectivity index (χ1v) is 8.45. The summed E-state index contributed by atoms with van der Waals surface area (Å²) in [4.78, 5) is 57.1. The Morgan fingerprint density at radius 2 is 1.32 bits per heavy atom. The lowest BCUT2D eigenvalue weighted by atomic mass is 9.95. The normalized spacial score (nSPS) is 25.0. The number of carbonyl (C=O) groups is 5. The number of hydrogen-bond donors (Lipinski definition) is 0. The molecule has 1 saturated heterocycles. The molecule has 1 rings (SSSR count). The molecule has 0 aliphatic carbocycles. The van der Waals surface area contributed by atoms with Crippen molar-refractivity contribution in [1.29, 1.82) is 0 Å². The molecule has 11 heteroatoms. The van der Waals surface area contributed by atoms with E-state index >= 15 is 0 Å². The van der Waals surface area contributed by atoms with Crippen LogP contribution in [0.4, 0.5) is 0 Å². The predicted octanol–water partition coefficient (Wildman–Crippen LogP) is -0.325. The second kappa shape index (κ2) is 10.6. The fourth-order valence-electron chi connectivity index (χ4n) is 2.70. The molecule has 0 spiro atoms. The Bertz CT molecular complexity index is 614. The summed E-state index contributed by atoms with van der Waals surface area (Å²) in [6.07, 6.45) is -5.89. The summed E-state index contributed by atoms with van der Waals surface area (Å²) in [5, 5.41) is 0. The first-order chi connectivity index (χ1) is 13.0. The standard InChI is InChI=1S/C17H24O11/c1-8(18)23-6-13(25-9(2)19)15-17(28-12(5)22)16(27-11(4)21)14(7-24-15)26-10(3)20/h13-17H,6-7H2,1-5H3. The summed E-state index contributed by atoms with van der Waals surface area (Å²) in [5.41, 5.74) is 0. The first-order valence-electron chi connectivity index (χ1n) is 8.45. The smallest absolute Gasteiger partial charge is 0.303 e. The highest BCUT2D eigenvalue weighted by Gasteiger charge is 2.50. The Balaban J connectivity index is 3.22. The van der Waals surface area contributed by atoms with Gasteiger partial charge in [0.15, 0.2) is 24.4 Å². The molecule has 1 aliphatic rings. The van der Waals surface area contributed by atoms with Gasteiger partial charge in [0, 0.05) is 34.6 Å². The Hall–Kier alpha value is -2.69. The molecule has 1 heterocycles. The third-order valence-electron chi connectivity index (χ3n) is 3.52. The molecular formula is C17H24O11. The Morgan fingerprint density at radius 1 is 0.786 bits per heavy atom. The van der Waals surface area contributed by atoms with E-state index in [2.05, 4.69) is 0 Å². The molecule has 0 aromatic heterocycles. The van der Waals surface area contributed by atoms with Crippen LogP contribution in [0.5, 0.6) is 0 Å². The summed E-state index contributed by atoms with van der Waals surface area (Å²) in [6, 6.07) is 0. The average molecular weight is 404 g/mol. The van der Waals surface area contributed by atoms with E-state index in [1.165, 1.54) is 0 Å². The third kappa shape index (κ3) is 7.51. The molecule has 1 fully saturated rings. The van der Waals surface area contributed by atoms with Crippen LogP contribution in [0.2, 0.25) is 0 Å². The molecule has 0 aromatic rings. The topological polar surface area (TPSA) is 141 Å². The highest BCUT2D eigenvalue weighted by molar-refractivity contribution is 5.69. The van der Waals surface area contributed by atoms with Gasteiger partial charge in [-0.25, -0.2) is 0 Å². The van der Waals surface area contributed by atoms with Gasteiger partial charge >= 0.3 is 29.8 Å². The molecule has 158 valence electrons. The van der Waals surface area contributed by atoms with E-state index in [0.717, 1.165) is 34.6 Å². The van der Waals surface area contributed by atoms with Gasteiger partial charge in [0.05, 0.1) is 6.61 Å². The molecule has 0 N–H and O–H groups in total. The van der Waals surface area contributed by atoms with Crippen LogP contribution in [-0.2, 0) is 52.4 Å². The van der Waals surface area contributed by atoms with E-state index in [-0.39, 0.29) is 13.2 Å². The lowest BCUT2D eigenvalue weighted by Gasteiger charge is -2.42. The monoisotopic (exact) mass is 404 g/mol. The average Bonchev–Trinajstić information content (AvgIpc) is 2.53. The molecule has 1 aliphatic heterocycles. The van der Waals surface area contributed by atoms with Gasteiger partial charge in [-0.3, -0.25) is 24.0 Å².